The van der Waals surface area contributed by atoms with Crippen LogP contribution in [0.25, 0.3) is 0 Å². The first-order valence-electron chi connectivity index (χ1n) is 6.37. The van der Waals surface area contributed by atoms with Gasteiger partial charge in [0.15, 0.2) is 0 Å². The second kappa shape index (κ2) is 6.66. The molecule has 0 heterocycles. The van der Waals surface area contributed by atoms with Gasteiger partial charge in [-0.2, -0.15) is 0 Å². The van der Waals surface area contributed by atoms with Crippen LogP contribution >= 0.6 is 0 Å². The van der Waals surface area contributed by atoms with E-state index in [9.17, 15) is 19.3 Å². The number of rotatable bonds is 5. The minimum atomic E-state index is -0.589. The minimum Gasteiger partial charge on any atom is -0.465 e. The highest BCUT2D eigenvalue weighted by Crippen LogP contribution is 2.21. The molecule has 0 bridgehead atoms. The normalized spacial score (nSPS) is 10.1. The molecule has 7 heteroatoms. The van der Waals surface area contributed by atoms with Crippen LogP contribution < -0.4 is 5.32 Å². The molecule has 0 aliphatic carbocycles. The number of para-hydroxylation sites is 1. The molecule has 0 radical (unpaired) electrons. The van der Waals surface area contributed by atoms with Gasteiger partial charge in [0, 0.05) is 18.2 Å². The summed E-state index contributed by atoms with van der Waals surface area (Å²) in [4.78, 5) is 21.9. The van der Waals surface area contributed by atoms with Crippen molar-refractivity contribution in [2.45, 2.75) is 6.54 Å². The van der Waals surface area contributed by atoms with Crippen molar-refractivity contribution < 1.29 is 18.8 Å². The zero-order valence-electron chi connectivity index (χ0n) is 11.7. The van der Waals surface area contributed by atoms with Crippen LogP contribution in [0.4, 0.5) is 15.8 Å². The molecule has 0 aliphatic heterocycles. The molecule has 0 saturated carbocycles. The van der Waals surface area contributed by atoms with Crippen LogP contribution in [0.2, 0.25) is 0 Å². The van der Waals surface area contributed by atoms with Gasteiger partial charge in [0.25, 0.3) is 5.69 Å². The summed E-state index contributed by atoms with van der Waals surface area (Å²) < 4.78 is 18.3. The Kier molecular flexibility index (Phi) is 4.67. The fourth-order valence-electron chi connectivity index (χ4n) is 1.93. The van der Waals surface area contributed by atoms with Crippen molar-refractivity contribution in [1.82, 2.24) is 0 Å². The van der Waals surface area contributed by atoms with Crippen LogP contribution in [-0.4, -0.2) is 18.0 Å². The highest BCUT2D eigenvalue weighted by Gasteiger charge is 2.14. The number of hydrogen-bond donors (Lipinski definition) is 1. The summed E-state index contributed by atoms with van der Waals surface area (Å²) in [6.45, 7) is 0.0543. The summed E-state index contributed by atoms with van der Waals surface area (Å²) in [5.74, 6) is -1.15. The quantitative estimate of drug-likeness (QED) is 0.521. The number of benzene rings is 2. The number of nitrogens with zero attached hydrogens (tertiary/aromatic N) is 1. The molecule has 0 spiro atoms. The Balaban J connectivity index is 2.22. The van der Waals surface area contributed by atoms with Crippen LogP contribution in [0.5, 0.6) is 0 Å². The number of nitro groups is 1. The maximum absolute atomic E-state index is 13.8. The standard InChI is InChI=1S/C15H13FN2O4/c1-22-15(19)10-6-7-12(16)13(8-10)17-9-11-4-2-3-5-14(11)18(20)21/h2-8,17H,9H2,1H3. The Morgan fingerprint density at radius 3 is 2.73 bits per heavy atom. The van der Waals surface area contributed by atoms with Crippen LogP contribution in [-0.2, 0) is 11.3 Å². The third-order valence-corrected chi connectivity index (χ3v) is 3.05. The van der Waals surface area contributed by atoms with E-state index in [-0.39, 0.29) is 23.5 Å². The van der Waals surface area contributed by atoms with Crippen molar-refractivity contribution in [2.24, 2.45) is 0 Å². The SMILES string of the molecule is COC(=O)c1ccc(F)c(NCc2ccccc2[N+](=O)[O-])c1. The number of carbonyl (C=O) groups is 1. The van der Waals surface area contributed by atoms with Crippen LogP contribution in [0.3, 0.4) is 0 Å². The molecule has 1 N–H and O–H groups in total. The van der Waals surface area contributed by atoms with E-state index in [1.807, 2.05) is 0 Å². The maximum Gasteiger partial charge on any atom is 0.337 e. The number of anilines is 1. The molecular weight excluding hydrogens is 291 g/mol. The first-order chi connectivity index (χ1) is 10.5. The monoisotopic (exact) mass is 304 g/mol. The van der Waals surface area contributed by atoms with E-state index in [4.69, 9.17) is 0 Å². The molecule has 0 aromatic heterocycles. The van der Waals surface area contributed by atoms with Gasteiger partial charge in [0.2, 0.25) is 0 Å². The van der Waals surface area contributed by atoms with Gasteiger partial charge in [-0.05, 0) is 18.2 Å². The number of nitro benzene ring substituents is 1. The molecule has 0 saturated heterocycles. The van der Waals surface area contributed by atoms with Crippen molar-refractivity contribution in [3.05, 3.63) is 69.5 Å². The van der Waals surface area contributed by atoms with Gasteiger partial charge >= 0.3 is 5.97 Å². The molecule has 114 valence electrons. The Hall–Kier alpha value is -2.96. The largest absolute Gasteiger partial charge is 0.465 e. The maximum atomic E-state index is 13.8. The van der Waals surface area contributed by atoms with Crippen molar-refractivity contribution in [3.63, 3.8) is 0 Å². The van der Waals surface area contributed by atoms with E-state index in [1.54, 1.807) is 18.2 Å². The van der Waals surface area contributed by atoms with Crippen molar-refractivity contribution in [1.29, 1.82) is 0 Å². The molecule has 0 unspecified atom stereocenters. The smallest absolute Gasteiger partial charge is 0.337 e. The summed E-state index contributed by atoms with van der Waals surface area (Å²) in [6, 6.07) is 9.90. The van der Waals surface area contributed by atoms with Gasteiger partial charge in [-0.1, -0.05) is 18.2 Å². The second-order valence-corrected chi connectivity index (χ2v) is 4.43. The molecule has 0 fully saturated rings. The predicted octanol–water partition coefficient (Wildman–Crippen LogP) is 3.13. The summed E-state index contributed by atoms with van der Waals surface area (Å²) in [7, 11) is 1.23. The van der Waals surface area contributed by atoms with Crippen LogP contribution in [0, 0.1) is 15.9 Å². The second-order valence-electron chi connectivity index (χ2n) is 4.43. The third kappa shape index (κ3) is 3.38. The lowest BCUT2D eigenvalue weighted by Crippen LogP contribution is -2.07. The topological polar surface area (TPSA) is 81.5 Å². The number of hydrogen-bond acceptors (Lipinski definition) is 5. The molecule has 2 aromatic carbocycles. The van der Waals surface area contributed by atoms with E-state index in [2.05, 4.69) is 10.1 Å². The van der Waals surface area contributed by atoms with E-state index in [1.165, 1.54) is 25.3 Å². The van der Waals surface area contributed by atoms with Crippen LogP contribution in [0.1, 0.15) is 15.9 Å². The number of carbonyl (C=O) groups excluding carboxylic acids is 1. The van der Waals surface area contributed by atoms with Gasteiger partial charge < -0.3 is 10.1 Å². The average molecular weight is 304 g/mol. The molecule has 0 amide bonds. The van der Waals surface area contributed by atoms with Crippen LogP contribution in [0.15, 0.2) is 42.5 Å². The first-order valence-corrected chi connectivity index (χ1v) is 6.37. The Bertz CT molecular complexity index is 718. The van der Waals surface area contributed by atoms with Crippen molar-refractivity contribution >= 4 is 17.3 Å². The molecule has 2 aromatic rings. The third-order valence-electron chi connectivity index (χ3n) is 3.05. The zero-order valence-corrected chi connectivity index (χ0v) is 11.7. The molecule has 2 rings (SSSR count). The fourth-order valence-corrected chi connectivity index (χ4v) is 1.93. The van der Waals surface area contributed by atoms with Gasteiger partial charge in [0.05, 0.1) is 23.3 Å². The van der Waals surface area contributed by atoms with Gasteiger partial charge in [-0.3, -0.25) is 10.1 Å². The molecule has 0 atom stereocenters. The van der Waals surface area contributed by atoms with Crippen molar-refractivity contribution in [3.8, 4) is 0 Å². The van der Waals surface area contributed by atoms with Gasteiger partial charge in [-0.25, -0.2) is 9.18 Å². The molecule has 0 aliphatic rings. The Labute approximate surface area is 125 Å². The highest BCUT2D eigenvalue weighted by atomic mass is 19.1. The molecule has 6 nitrogen and oxygen atoms in total. The lowest BCUT2D eigenvalue weighted by molar-refractivity contribution is -0.385. The van der Waals surface area contributed by atoms with E-state index < -0.39 is 16.7 Å². The Morgan fingerprint density at radius 1 is 1.32 bits per heavy atom. The van der Waals surface area contributed by atoms with Gasteiger partial charge in [-0.15, -0.1) is 0 Å². The van der Waals surface area contributed by atoms with E-state index in [0.29, 0.717) is 5.56 Å². The molecular formula is C15H13FN2O4. The number of nitrogens with one attached hydrogen (secondary N) is 1. The Morgan fingerprint density at radius 2 is 2.05 bits per heavy atom. The number of esters is 1. The summed E-state index contributed by atoms with van der Waals surface area (Å²) in [5.41, 5.74) is 0.616. The summed E-state index contributed by atoms with van der Waals surface area (Å²) in [5, 5.41) is 13.7. The van der Waals surface area contributed by atoms with E-state index >= 15 is 0 Å². The van der Waals surface area contributed by atoms with Crippen molar-refractivity contribution in [2.75, 3.05) is 12.4 Å². The number of methoxy groups -OCH3 is 1. The summed E-state index contributed by atoms with van der Waals surface area (Å²) >= 11 is 0. The minimum absolute atomic E-state index is 0.0543. The van der Waals surface area contributed by atoms with E-state index in [0.717, 1.165) is 6.07 Å². The first kappa shape index (κ1) is 15.4. The zero-order chi connectivity index (χ0) is 16.1. The molecule has 22 heavy (non-hydrogen) atoms. The average Bonchev–Trinajstić information content (AvgIpc) is 2.53. The number of ether oxygens (including phenoxy) is 1. The van der Waals surface area contributed by atoms with Gasteiger partial charge in [0.1, 0.15) is 5.82 Å². The lowest BCUT2D eigenvalue weighted by atomic mass is 10.1. The summed E-state index contributed by atoms with van der Waals surface area (Å²) in [6.07, 6.45) is 0. The predicted molar refractivity (Wildman–Crippen MR) is 78.2 cm³/mol. The highest BCUT2D eigenvalue weighted by molar-refractivity contribution is 5.90. The lowest BCUT2D eigenvalue weighted by Gasteiger charge is -2.09. The number of halogens is 1. The fraction of sp³-hybridized carbons (Fsp3) is 0.133.